The molecule has 1 fully saturated rings. The lowest BCUT2D eigenvalue weighted by molar-refractivity contribution is 0.293. The minimum atomic E-state index is 0.580. The van der Waals surface area contributed by atoms with E-state index in [4.69, 9.17) is 5.10 Å². The van der Waals surface area contributed by atoms with Crippen molar-refractivity contribution in [3.63, 3.8) is 0 Å². The molecule has 1 aliphatic carbocycles. The van der Waals surface area contributed by atoms with Gasteiger partial charge in [0.05, 0.1) is 11.7 Å². The van der Waals surface area contributed by atoms with Crippen LogP contribution in [0.5, 0.6) is 0 Å². The Kier molecular flexibility index (Phi) is 3.12. The summed E-state index contributed by atoms with van der Waals surface area (Å²) >= 11 is 3.46. The summed E-state index contributed by atoms with van der Waals surface area (Å²) in [4.78, 5) is 0. The highest BCUT2D eigenvalue weighted by molar-refractivity contribution is 9.10. The largest absolute Gasteiger partial charge is 0.373 e. The van der Waals surface area contributed by atoms with E-state index in [0.29, 0.717) is 6.04 Å². The fraction of sp³-hybridized carbons (Fsp3) is 0.357. The van der Waals surface area contributed by atoms with E-state index in [1.807, 2.05) is 7.05 Å². The average molecular weight is 306 g/mol. The lowest BCUT2D eigenvalue weighted by Gasteiger charge is -2.27. The van der Waals surface area contributed by atoms with E-state index < -0.39 is 0 Å². The minimum absolute atomic E-state index is 0.580. The Bertz CT molecular complexity index is 541. The van der Waals surface area contributed by atoms with Gasteiger partial charge in [-0.1, -0.05) is 28.1 Å². The first kappa shape index (κ1) is 11.8. The Morgan fingerprint density at radius 2 is 2.00 bits per heavy atom. The van der Waals surface area contributed by atoms with Gasteiger partial charge in [0.1, 0.15) is 5.82 Å². The number of nitrogens with one attached hydrogen (secondary N) is 1. The molecule has 1 aromatic heterocycles. The van der Waals surface area contributed by atoms with E-state index in [-0.39, 0.29) is 0 Å². The van der Waals surface area contributed by atoms with E-state index >= 15 is 0 Å². The number of halogens is 1. The maximum Gasteiger partial charge on any atom is 0.124 e. The van der Waals surface area contributed by atoms with Crippen molar-refractivity contribution in [2.75, 3.05) is 12.4 Å². The van der Waals surface area contributed by atoms with Gasteiger partial charge in [0, 0.05) is 23.2 Å². The lowest BCUT2D eigenvalue weighted by Crippen LogP contribution is -2.19. The maximum absolute atomic E-state index is 4.74. The number of nitrogens with zero attached hydrogens (tertiary/aromatic N) is 2. The summed E-state index contributed by atoms with van der Waals surface area (Å²) in [6, 6.07) is 11.0. The van der Waals surface area contributed by atoms with Crippen molar-refractivity contribution in [3.8, 4) is 11.3 Å². The van der Waals surface area contributed by atoms with Crippen molar-refractivity contribution in [1.82, 2.24) is 9.78 Å². The standard InChI is InChI=1S/C14H16BrN3/c1-16-14-9-13(10-5-7-11(15)8-6-10)17-18(14)12-3-2-4-12/h5-9,12,16H,2-4H2,1H3. The lowest BCUT2D eigenvalue weighted by atomic mass is 9.93. The van der Waals surface area contributed by atoms with Gasteiger partial charge in [-0.2, -0.15) is 5.10 Å². The topological polar surface area (TPSA) is 29.9 Å². The van der Waals surface area contributed by atoms with Crippen LogP contribution in [0.4, 0.5) is 5.82 Å². The van der Waals surface area contributed by atoms with Crippen LogP contribution in [0.3, 0.4) is 0 Å². The highest BCUT2D eigenvalue weighted by Gasteiger charge is 2.23. The van der Waals surface area contributed by atoms with Crippen LogP contribution in [0.25, 0.3) is 11.3 Å². The van der Waals surface area contributed by atoms with E-state index in [1.54, 1.807) is 0 Å². The van der Waals surface area contributed by atoms with E-state index in [0.717, 1.165) is 21.5 Å². The third kappa shape index (κ3) is 2.05. The first-order valence-electron chi connectivity index (χ1n) is 6.31. The summed E-state index contributed by atoms with van der Waals surface area (Å²) in [7, 11) is 1.96. The Hall–Kier alpha value is -1.29. The van der Waals surface area contributed by atoms with Gasteiger partial charge in [-0.25, -0.2) is 4.68 Å². The summed E-state index contributed by atoms with van der Waals surface area (Å²) in [5.74, 6) is 1.11. The molecule has 3 rings (SSSR count). The molecule has 0 amide bonds. The molecule has 1 N–H and O–H groups in total. The van der Waals surface area contributed by atoms with Crippen molar-refractivity contribution in [2.24, 2.45) is 0 Å². The Morgan fingerprint density at radius 3 is 2.56 bits per heavy atom. The molecule has 1 saturated carbocycles. The molecule has 0 saturated heterocycles. The highest BCUT2D eigenvalue weighted by atomic mass is 79.9. The second kappa shape index (κ2) is 4.76. The van der Waals surface area contributed by atoms with Crippen molar-refractivity contribution >= 4 is 21.7 Å². The summed E-state index contributed by atoms with van der Waals surface area (Å²) in [6.07, 6.45) is 3.81. The quantitative estimate of drug-likeness (QED) is 0.926. The molecule has 2 aromatic rings. The number of benzene rings is 1. The van der Waals surface area contributed by atoms with Crippen LogP contribution in [0.1, 0.15) is 25.3 Å². The molecule has 18 heavy (non-hydrogen) atoms. The third-order valence-corrected chi connectivity index (χ3v) is 4.08. The third-order valence-electron chi connectivity index (χ3n) is 3.55. The summed E-state index contributed by atoms with van der Waals surface area (Å²) in [6.45, 7) is 0. The predicted octanol–water partition coefficient (Wildman–Crippen LogP) is 4.08. The van der Waals surface area contributed by atoms with Crippen molar-refractivity contribution in [2.45, 2.75) is 25.3 Å². The van der Waals surface area contributed by atoms with Crippen molar-refractivity contribution < 1.29 is 0 Å². The van der Waals surface area contributed by atoms with E-state index in [1.165, 1.54) is 19.3 Å². The summed E-state index contributed by atoms with van der Waals surface area (Å²) in [5, 5.41) is 7.98. The smallest absolute Gasteiger partial charge is 0.124 e. The fourth-order valence-corrected chi connectivity index (χ4v) is 2.52. The molecule has 0 unspecified atom stereocenters. The molecule has 0 atom stereocenters. The van der Waals surface area contributed by atoms with Gasteiger partial charge in [-0.15, -0.1) is 0 Å². The normalized spacial score (nSPS) is 15.4. The average Bonchev–Trinajstić information content (AvgIpc) is 2.72. The van der Waals surface area contributed by atoms with Crippen LogP contribution in [0.2, 0.25) is 0 Å². The molecule has 0 spiro atoms. The zero-order valence-electron chi connectivity index (χ0n) is 10.4. The second-order valence-electron chi connectivity index (χ2n) is 4.70. The van der Waals surface area contributed by atoms with Crippen molar-refractivity contribution in [3.05, 3.63) is 34.8 Å². The van der Waals surface area contributed by atoms with Crippen LogP contribution in [0.15, 0.2) is 34.8 Å². The SMILES string of the molecule is CNc1cc(-c2ccc(Br)cc2)nn1C1CCC1. The van der Waals surface area contributed by atoms with Crippen LogP contribution in [0, 0.1) is 0 Å². The maximum atomic E-state index is 4.74. The fourth-order valence-electron chi connectivity index (χ4n) is 2.25. The predicted molar refractivity (Wildman–Crippen MR) is 77.8 cm³/mol. The van der Waals surface area contributed by atoms with Crippen LogP contribution in [-0.2, 0) is 0 Å². The molecule has 1 aromatic carbocycles. The molecule has 1 heterocycles. The Labute approximate surface area is 115 Å². The van der Waals surface area contributed by atoms with Crippen LogP contribution >= 0.6 is 15.9 Å². The monoisotopic (exact) mass is 305 g/mol. The molecule has 4 heteroatoms. The van der Waals surface area contributed by atoms with Gasteiger partial charge in [-0.3, -0.25) is 0 Å². The van der Waals surface area contributed by atoms with Gasteiger partial charge < -0.3 is 5.32 Å². The second-order valence-corrected chi connectivity index (χ2v) is 5.62. The van der Waals surface area contributed by atoms with E-state index in [9.17, 15) is 0 Å². The summed E-state index contributed by atoms with van der Waals surface area (Å²) < 4.78 is 3.24. The molecule has 0 aliphatic heterocycles. The first-order chi connectivity index (χ1) is 8.78. The minimum Gasteiger partial charge on any atom is -0.373 e. The van der Waals surface area contributed by atoms with Gasteiger partial charge in [0.15, 0.2) is 0 Å². The first-order valence-corrected chi connectivity index (χ1v) is 7.10. The van der Waals surface area contributed by atoms with Crippen molar-refractivity contribution in [1.29, 1.82) is 0 Å². The number of aromatic nitrogens is 2. The Balaban J connectivity index is 1.97. The molecular weight excluding hydrogens is 290 g/mol. The molecular formula is C14H16BrN3. The van der Waals surface area contributed by atoms with Crippen LogP contribution < -0.4 is 5.32 Å². The van der Waals surface area contributed by atoms with E-state index in [2.05, 4.69) is 56.3 Å². The van der Waals surface area contributed by atoms with Gasteiger partial charge >= 0.3 is 0 Å². The summed E-state index contributed by atoms with van der Waals surface area (Å²) in [5.41, 5.74) is 2.20. The molecule has 3 nitrogen and oxygen atoms in total. The number of hydrogen-bond donors (Lipinski definition) is 1. The zero-order chi connectivity index (χ0) is 12.5. The number of rotatable bonds is 3. The van der Waals surface area contributed by atoms with Gasteiger partial charge in [0.2, 0.25) is 0 Å². The Morgan fingerprint density at radius 1 is 1.28 bits per heavy atom. The van der Waals surface area contributed by atoms with Gasteiger partial charge in [0.25, 0.3) is 0 Å². The number of anilines is 1. The van der Waals surface area contributed by atoms with Crippen LogP contribution in [-0.4, -0.2) is 16.8 Å². The zero-order valence-corrected chi connectivity index (χ0v) is 11.9. The molecule has 0 radical (unpaired) electrons. The highest BCUT2D eigenvalue weighted by Crippen LogP contribution is 2.35. The molecule has 94 valence electrons. The molecule has 0 bridgehead atoms. The molecule has 1 aliphatic rings. The van der Waals surface area contributed by atoms with Gasteiger partial charge in [-0.05, 0) is 31.4 Å². The number of hydrogen-bond acceptors (Lipinski definition) is 2.